The number of phosphoric ester groups is 2. The largest absolute Gasteiger partial charge is 0.472 e. The second-order valence-electron chi connectivity index (χ2n) is 30.0. The van der Waals surface area contributed by atoms with E-state index in [0.717, 1.165) is 154 Å². The number of rotatable bonds is 85. The topological polar surface area (TPSA) is 231 Å². The number of hydrogen-bond donors (Lipinski definition) is 4. The van der Waals surface area contributed by atoms with Crippen molar-refractivity contribution >= 4 is 33.6 Å². The van der Waals surface area contributed by atoms with Gasteiger partial charge in [0.15, 0.2) is 6.10 Å². The van der Waals surface area contributed by atoms with Crippen molar-refractivity contribution in [3.8, 4) is 0 Å². The Morgan fingerprint density at radius 3 is 0.701 bits per heavy atom. The number of unbranched alkanes of at least 4 members (excludes halogenated alkanes) is 30. The van der Waals surface area contributed by atoms with Crippen LogP contribution < -0.4 is 0 Å². The molecular formula is C99H164O16P2. The Kier molecular flexibility index (Phi) is 85.3. The van der Waals surface area contributed by atoms with Crippen molar-refractivity contribution in [3.63, 3.8) is 0 Å². The zero-order valence-electron chi connectivity index (χ0n) is 73.3. The molecule has 5 unspecified atom stereocenters. The summed E-state index contributed by atoms with van der Waals surface area (Å²) in [4.78, 5) is 58.9. The van der Waals surface area contributed by atoms with Gasteiger partial charge in [-0.15, -0.1) is 0 Å². The fourth-order valence-corrected chi connectivity index (χ4v) is 13.6. The van der Waals surface area contributed by atoms with Crippen molar-refractivity contribution < 1.29 is 75.8 Å². The van der Waals surface area contributed by atoms with Crippen LogP contribution in [0.3, 0.4) is 0 Å². The molecule has 117 heavy (non-hydrogen) atoms. The van der Waals surface area contributed by atoms with Gasteiger partial charge in [0.25, 0.3) is 0 Å². The minimum Gasteiger partial charge on any atom is -0.463 e. The molecule has 0 fully saturated rings. The molecule has 18 heteroatoms. The molecule has 0 bridgehead atoms. The molecule has 0 saturated carbocycles. The smallest absolute Gasteiger partial charge is 0.463 e. The van der Waals surface area contributed by atoms with Crippen molar-refractivity contribution in [1.29, 1.82) is 0 Å². The van der Waals surface area contributed by atoms with Gasteiger partial charge in [-0.1, -0.05) is 376 Å². The lowest BCUT2D eigenvalue weighted by Crippen LogP contribution is -2.30. The molecule has 0 aromatic heterocycles. The molecule has 0 aliphatic heterocycles. The minimum atomic E-state index is -4.96. The zero-order chi connectivity index (χ0) is 85.1. The summed E-state index contributed by atoms with van der Waals surface area (Å²) in [6.07, 6.45) is 119. The quantitative estimate of drug-likeness (QED) is 0.0146. The van der Waals surface area contributed by atoms with E-state index in [1.165, 1.54) is 135 Å². The van der Waals surface area contributed by atoms with Crippen LogP contribution >= 0.6 is 15.6 Å². The molecule has 16 nitrogen and oxygen atoms in total. The zero-order valence-corrected chi connectivity index (χ0v) is 75.1. The molecule has 666 valence electrons. The van der Waals surface area contributed by atoms with Gasteiger partial charge in [0.05, 0.1) is 26.4 Å². The SMILES string of the molecule is CC/C=C\C/C=C\C/C=C\C/C=C\C/C=C\C/C=C\CCCCCCCCCCCCC(=O)OCC(COP(=O)(O)OCC(O)COP(=O)(O)OCC(O)COC(=O)CCCCCCCCCCCCCCCCCCCCC/C=C\C/C=C\C/C=C\C/C=C\C/C=C\CC)OC(=O)CCC/C=C\C/C=C\C/C=C\C/C=C\C/C=C\CC. The second kappa shape index (κ2) is 89.6. The molecule has 4 N–H and O–H groups in total. The van der Waals surface area contributed by atoms with E-state index in [1.807, 2.05) is 12.2 Å². The first-order valence-corrected chi connectivity index (χ1v) is 48.7. The van der Waals surface area contributed by atoms with Crippen LogP contribution in [0.25, 0.3) is 0 Å². The average molecular weight is 1670 g/mol. The van der Waals surface area contributed by atoms with Crippen LogP contribution in [0.1, 0.15) is 355 Å². The summed E-state index contributed by atoms with van der Waals surface area (Å²) in [5.74, 6) is -1.65. The van der Waals surface area contributed by atoms with Crippen LogP contribution in [0.15, 0.2) is 194 Å². The number of carbonyl (C=O) groups excluding carboxylic acids is 3. The van der Waals surface area contributed by atoms with Crippen molar-refractivity contribution in [2.75, 3.05) is 39.6 Å². The van der Waals surface area contributed by atoms with E-state index in [4.69, 9.17) is 32.3 Å². The Bertz CT molecular complexity index is 2910. The maximum absolute atomic E-state index is 13.0. The van der Waals surface area contributed by atoms with Crippen LogP contribution in [0.5, 0.6) is 0 Å². The normalized spacial score (nSPS) is 14.7. The lowest BCUT2D eigenvalue weighted by molar-refractivity contribution is -0.161. The van der Waals surface area contributed by atoms with Crippen LogP contribution in [0.2, 0.25) is 0 Å². The van der Waals surface area contributed by atoms with Crippen molar-refractivity contribution in [2.45, 2.75) is 373 Å². The standard InChI is InChI=1S/C99H164O16P2/c1-4-7-10-13-16-19-22-25-28-31-33-35-37-39-41-43-44-45-46-47-48-50-52-53-55-57-59-62-64-67-70-73-76-79-82-85-97(102)109-88-94(100)89-111-116(105,106)112-90-95(101)91-113-117(107,108)114-93-96(115-99(104)87-84-81-78-75-72-69-66-61-30-27-24-21-18-15-12-9-6-3)92-110-98(103)86-83-80-77-74-71-68-65-63-60-58-56-54-51-49-42-40-38-36-34-32-29-26-23-20-17-14-11-8-5-2/h7-12,16-21,25-30,33-36,39-42,51,54,66,69,75,78,94-96,100-101H,4-6,13-15,22-24,31-32,37-38,43-50,52-53,55-65,67-68,70-74,76-77,79-93H2,1-3H3,(H,105,106)(H,107,108)/b10-7-,11-8-,12-9-,19-16-,20-17-,21-18-,28-25-,29-26-,30-27-,35-33-,36-34-,41-39-,42-40-,54-51-,69-66-,78-75-. The molecule has 0 aliphatic carbocycles. The van der Waals surface area contributed by atoms with E-state index < -0.39 is 91.5 Å². The van der Waals surface area contributed by atoms with Crippen molar-refractivity contribution in [1.82, 2.24) is 0 Å². The van der Waals surface area contributed by atoms with Gasteiger partial charge in [-0.05, 0) is 154 Å². The van der Waals surface area contributed by atoms with E-state index in [9.17, 15) is 43.5 Å². The highest BCUT2D eigenvalue weighted by Crippen LogP contribution is 2.45. The van der Waals surface area contributed by atoms with Gasteiger partial charge in [-0.25, -0.2) is 9.13 Å². The molecule has 0 aliphatic rings. The molecule has 0 spiro atoms. The van der Waals surface area contributed by atoms with Crippen LogP contribution in [-0.4, -0.2) is 95.9 Å². The number of phosphoric acid groups is 2. The fraction of sp³-hybridized carbons (Fsp3) is 0.646. The number of allylic oxidation sites excluding steroid dienone is 32. The van der Waals surface area contributed by atoms with Gasteiger partial charge >= 0.3 is 33.6 Å². The molecule has 0 rings (SSSR count). The van der Waals surface area contributed by atoms with Crippen molar-refractivity contribution in [2.24, 2.45) is 0 Å². The summed E-state index contributed by atoms with van der Waals surface area (Å²) in [5.41, 5.74) is 0. The third-order valence-electron chi connectivity index (χ3n) is 18.8. The first-order chi connectivity index (χ1) is 57.2. The highest BCUT2D eigenvalue weighted by atomic mass is 31.2. The number of hydrogen-bond acceptors (Lipinski definition) is 14. The summed E-state index contributed by atoms with van der Waals surface area (Å²) < 4.78 is 61.3. The summed E-state index contributed by atoms with van der Waals surface area (Å²) in [6.45, 7) is 2.29. The first-order valence-electron chi connectivity index (χ1n) is 45.7. The average Bonchev–Trinajstić information content (AvgIpc) is 0.876. The minimum absolute atomic E-state index is 0.0195. The molecule has 0 heterocycles. The molecule has 0 radical (unpaired) electrons. The summed E-state index contributed by atoms with van der Waals surface area (Å²) in [7, 11) is -9.83. The maximum Gasteiger partial charge on any atom is 0.472 e. The van der Waals surface area contributed by atoms with Crippen LogP contribution in [-0.2, 0) is 55.8 Å². The van der Waals surface area contributed by atoms with E-state index in [1.54, 1.807) is 0 Å². The Morgan fingerprint density at radius 2 is 0.436 bits per heavy atom. The summed E-state index contributed by atoms with van der Waals surface area (Å²) >= 11 is 0. The van der Waals surface area contributed by atoms with E-state index in [0.29, 0.717) is 25.7 Å². The van der Waals surface area contributed by atoms with E-state index in [-0.39, 0.29) is 19.3 Å². The molecular weight excluding hydrogens is 1510 g/mol. The van der Waals surface area contributed by atoms with Gasteiger partial charge in [-0.3, -0.25) is 32.5 Å². The molecule has 0 aromatic carbocycles. The van der Waals surface area contributed by atoms with Gasteiger partial charge in [0.1, 0.15) is 25.4 Å². The van der Waals surface area contributed by atoms with Crippen LogP contribution in [0.4, 0.5) is 0 Å². The van der Waals surface area contributed by atoms with Gasteiger partial charge in [0.2, 0.25) is 0 Å². The number of ether oxygens (including phenoxy) is 3. The van der Waals surface area contributed by atoms with Gasteiger partial charge in [-0.2, -0.15) is 0 Å². The Hall–Kier alpha value is -5.61. The van der Waals surface area contributed by atoms with E-state index in [2.05, 4.69) is 203 Å². The molecule has 5 atom stereocenters. The molecule has 0 amide bonds. The fourth-order valence-electron chi connectivity index (χ4n) is 12.0. The van der Waals surface area contributed by atoms with Gasteiger partial charge in [0, 0.05) is 19.3 Å². The maximum atomic E-state index is 13.0. The Morgan fingerprint density at radius 1 is 0.239 bits per heavy atom. The number of aliphatic hydroxyl groups is 2. The van der Waals surface area contributed by atoms with Gasteiger partial charge < -0.3 is 34.2 Å². The van der Waals surface area contributed by atoms with Crippen molar-refractivity contribution in [3.05, 3.63) is 194 Å². The van der Waals surface area contributed by atoms with Crippen LogP contribution in [0, 0.1) is 0 Å². The lowest BCUT2D eigenvalue weighted by Gasteiger charge is -2.21. The Balaban J connectivity index is 4.51. The number of carbonyl (C=O) groups is 3. The third-order valence-corrected chi connectivity index (χ3v) is 20.7. The molecule has 0 aromatic rings. The highest BCUT2D eigenvalue weighted by Gasteiger charge is 2.29. The predicted octanol–water partition coefficient (Wildman–Crippen LogP) is 28.2. The first kappa shape index (κ1) is 111. The second-order valence-corrected chi connectivity index (χ2v) is 32.9. The predicted molar refractivity (Wildman–Crippen MR) is 491 cm³/mol. The lowest BCUT2D eigenvalue weighted by atomic mass is 10.0. The number of aliphatic hydroxyl groups excluding tert-OH is 2. The Labute approximate surface area is 712 Å². The summed E-state index contributed by atoms with van der Waals surface area (Å²) in [5, 5.41) is 20.7. The molecule has 0 saturated heterocycles. The third kappa shape index (κ3) is 91.0. The summed E-state index contributed by atoms with van der Waals surface area (Å²) in [6, 6.07) is 0. The van der Waals surface area contributed by atoms with E-state index >= 15 is 0 Å². The number of esters is 3. The monoisotopic (exact) mass is 1670 g/mol. The highest BCUT2D eigenvalue weighted by molar-refractivity contribution is 7.47.